The monoisotopic (exact) mass is 256 g/mol. The smallest absolute Gasteiger partial charge is 0.356 e. The van der Waals surface area contributed by atoms with E-state index >= 15 is 0 Å². The van der Waals surface area contributed by atoms with Crippen LogP contribution in [0.1, 0.15) is 11.1 Å². The molecule has 0 spiro atoms. The third kappa shape index (κ3) is 2.53. The number of nitrogens with two attached hydrogens (primary N) is 1. The molecule has 3 nitrogen and oxygen atoms in total. The molecule has 2 aromatic rings. The van der Waals surface area contributed by atoms with E-state index in [1.54, 1.807) is 0 Å². The topological polar surface area (TPSA) is 52.0 Å². The zero-order chi connectivity index (χ0) is 13.2. The molecule has 1 aromatic heterocycles. The second-order valence-corrected chi connectivity index (χ2v) is 3.79. The average molecular weight is 256 g/mol. The van der Waals surface area contributed by atoms with E-state index in [1.165, 1.54) is 18.3 Å². The summed E-state index contributed by atoms with van der Waals surface area (Å²) in [6.07, 6.45) is -2.24. The van der Waals surface area contributed by atoms with Gasteiger partial charge in [-0.3, -0.25) is 0 Å². The van der Waals surface area contributed by atoms with Crippen molar-refractivity contribution in [2.75, 3.05) is 6.54 Å². The minimum absolute atomic E-state index is 0.425. The van der Waals surface area contributed by atoms with Gasteiger partial charge in [-0.05, 0) is 25.1 Å². The van der Waals surface area contributed by atoms with Crippen LogP contribution < -0.4 is 5.73 Å². The highest BCUT2D eigenvalue weighted by Gasteiger charge is 2.30. The Labute approximate surface area is 101 Å². The standard InChI is InChI=1S/C12H11F3N2O/c13-12(14,15)10-3-1-8(2-4-10)11-9(5-6-16)7-17-18-11/h1-4,7H,5-6,16H2. The van der Waals surface area contributed by atoms with Gasteiger partial charge in [-0.15, -0.1) is 0 Å². The number of hydrogen-bond donors (Lipinski definition) is 1. The van der Waals surface area contributed by atoms with Gasteiger partial charge in [0.05, 0.1) is 11.8 Å². The molecule has 1 aromatic carbocycles. The highest BCUT2D eigenvalue weighted by Crippen LogP contribution is 2.31. The highest BCUT2D eigenvalue weighted by atomic mass is 19.4. The number of rotatable bonds is 3. The Bertz CT molecular complexity index is 517. The van der Waals surface area contributed by atoms with Gasteiger partial charge in [0.2, 0.25) is 0 Å². The molecular formula is C12H11F3N2O. The summed E-state index contributed by atoms with van der Waals surface area (Å²) in [5, 5.41) is 3.64. The van der Waals surface area contributed by atoms with Crippen LogP contribution in [0.2, 0.25) is 0 Å². The van der Waals surface area contributed by atoms with Crippen LogP contribution in [0.15, 0.2) is 35.0 Å². The van der Waals surface area contributed by atoms with Gasteiger partial charge < -0.3 is 10.3 Å². The number of halogens is 3. The van der Waals surface area contributed by atoms with Crippen molar-refractivity contribution in [2.24, 2.45) is 5.73 Å². The first kappa shape index (κ1) is 12.6. The van der Waals surface area contributed by atoms with E-state index in [0.717, 1.165) is 17.7 Å². The largest absolute Gasteiger partial charge is 0.416 e. The number of aromatic nitrogens is 1. The molecule has 0 saturated carbocycles. The Morgan fingerprint density at radius 3 is 2.39 bits per heavy atom. The quantitative estimate of drug-likeness (QED) is 0.918. The minimum atomic E-state index is -4.33. The summed E-state index contributed by atoms with van der Waals surface area (Å²) in [7, 11) is 0. The lowest BCUT2D eigenvalue weighted by Gasteiger charge is -2.06. The Kier molecular flexibility index (Phi) is 3.38. The van der Waals surface area contributed by atoms with Crippen molar-refractivity contribution in [2.45, 2.75) is 12.6 Å². The van der Waals surface area contributed by atoms with E-state index in [4.69, 9.17) is 10.3 Å². The maximum atomic E-state index is 12.4. The molecule has 6 heteroatoms. The van der Waals surface area contributed by atoms with Gasteiger partial charge >= 0.3 is 6.18 Å². The summed E-state index contributed by atoms with van der Waals surface area (Å²) in [6, 6.07) is 4.76. The summed E-state index contributed by atoms with van der Waals surface area (Å²) in [6.45, 7) is 0.425. The van der Waals surface area contributed by atoms with Crippen molar-refractivity contribution in [1.29, 1.82) is 0 Å². The molecule has 0 saturated heterocycles. The molecule has 0 fully saturated rings. The lowest BCUT2D eigenvalue weighted by Crippen LogP contribution is -2.04. The first-order valence-corrected chi connectivity index (χ1v) is 5.33. The zero-order valence-corrected chi connectivity index (χ0v) is 9.37. The summed E-state index contributed by atoms with van der Waals surface area (Å²) in [5.74, 6) is 0.467. The average Bonchev–Trinajstić information content (AvgIpc) is 2.77. The molecule has 2 rings (SSSR count). The Hall–Kier alpha value is -1.82. The molecule has 0 aliphatic heterocycles. The molecule has 0 atom stereocenters. The van der Waals surface area contributed by atoms with E-state index in [1.807, 2.05) is 0 Å². The maximum Gasteiger partial charge on any atom is 0.416 e. The molecular weight excluding hydrogens is 245 g/mol. The van der Waals surface area contributed by atoms with E-state index in [0.29, 0.717) is 24.3 Å². The number of hydrogen-bond acceptors (Lipinski definition) is 3. The minimum Gasteiger partial charge on any atom is -0.356 e. The zero-order valence-electron chi connectivity index (χ0n) is 9.37. The van der Waals surface area contributed by atoms with Crippen molar-refractivity contribution in [3.8, 4) is 11.3 Å². The molecule has 0 aliphatic carbocycles. The number of benzene rings is 1. The van der Waals surface area contributed by atoms with Crippen LogP contribution in [0.25, 0.3) is 11.3 Å². The van der Waals surface area contributed by atoms with Crippen LogP contribution in [0, 0.1) is 0 Å². The lowest BCUT2D eigenvalue weighted by molar-refractivity contribution is -0.137. The van der Waals surface area contributed by atoms with Crippen molar-refractivity contribution >= 4 is 0 Å². The predicted octanol–water partition coefficient (Wildman–Crippen LogP) is 2.86. The van der Waals surface area contributed by atoms with Gasteiger partial charge in [-0.1, -0.05) is 17.3 Å². The third-order valence-corrected chi connectivity index (χ3v) is 2.53. The van der Waals surface area contributed by atoms with Crippen LogP contribution in [0.3, 0.4) is 0 Å². The Morgan fingerprint density at radius 1 is 1.17 bits per heavy atom. The molecule has 96 valence electrons. The summed E-state index contributed by atoms with van der Waals surface area (Å²) >= 11 is 0. The van der Waals surface area contributed by atoms with Gasteiger partial charge in [0.25, 0.3) is 0 Å². The van der Waals surface area contributed by atoms with E-state index < -0.39 is 11.7 Å². The first-order valence-electron chi connectivity index (χ1n) is 5.33. The molecule has 0 bridgehead atoms. The Morgan fingerprint density at radius 2 is 1.83 bits per heavy atom. The fraction of sp³-hybridized carbons (Fsp3) is 0.250. The normalized spacial score (nSPS) is 11.8. The van der Waals surface area contributed by atoms with Gasteiger partial charge in [-0.25, -0.2) is 0 Å². The maximum absolute atomic E-state index is 12.4. The second-order valence-electron chi connectivity index (χ2n) is 3.79. The van der Waals surface area contributed by atoms with Crippen LogP contribution in [-0.2, 0) is 12.6 Å². The fourth-order valence-electron chi connectivity index (χ4n) is 1.64. The molecule has 18 heavy (non-hydrogen) atoms. The summed E-state index contributed by atoms with van der Waals surface area (Å²) in [5.41, 5.74) is 6.09. The molecule has 2 N–H and O–H groups in total. The van der Waals surface area contributed by atoms with Gasteiger partial charge in [0.15, 0.2) is 5.76 Å². The van der Waals surface area contributed by atoms with Crippen molar-refractivity contribution in [3.05, 3.63) is 41.6 Å². The highest BCUT2D eigenvalue weighted by molar-refractivity contribution is 5.61. The van der Waals surface area contributed by atoms with Crippen LogP contribution in [-0.4, -0.2) is 11.7 Å². The molecule has 0 radical (unpaired) electrons. The first-order chi connectivity index (χ1) is 8.52. The summed E-state index contributed by atoms with van der Waals surface area (Å²) < 4.78 is 42.3. The van der Waals surface area contributed by atoms with E-state index in [2.05, 4.69) is 5.16 Å². The van der Waals surface area contributed by atoms with E-state index in [-0.39, 0.29) is 0 Å². The van der Waals surface area contributed by atoms with Crippen LogP contribution >= 0.6 is 0 Å². The van der Waals surface area contributed by atoms with Crippen molar-refractivity contribution in [1.82, 2.24) is 5.16 Å². The van der Waals surface area contributed by atoms with Crippen molar-refractivity contribution in [3.63, 3.8) is 0 Å². The Balaban J connectivity index is 2.32. The summed E-state index contributed by atoms with van der Waals surface area (Å²) in [4.78, 5) is 0. The molecule has 1 heterocycles. The molecule has 0 aliphatic rings. The fourth-order valence-corrected chi connectivity index (χ4v) is 1.64. The lowest BCUT2D eigenvalue weighted by atomic mass is 10.1. The SMILES string of the molecule is NCCc1cnoc1-c1ccc(C(F)(F)F)cc1. The van der Waals surface area contributed by atoms with Gasteiger partial charge in [0, 0.05) is 11.1 Å². The van der Waals surface area contributed by atoms with Crippen LogP contribution in [0.5, 0.6) is 0 Å². The van der Waals surface area contributed by atoms with Crippen LogP contribution in [0.4, 0.5) is 13.2 Å². The molecule has 0 unspecified atom stereocenters. The molecule has 0 amide bonds. The van der Waals surface area contributed by atoms with Gasteiger partial charge in [0.1, 0.15) is 0 Å². The van der Waals surface area contributed by atoms with Gasteiger partial charge in [-0.2, -0.15) is 13.2 Å². The van der Waals surface area contributed by atoms with E-state index in [9.17, 15) is 13.2 Å². The third-order valence-electron chi connectivity index (χ3n) is 2.53. The number of nitrogens with zero attached hydrogens (tertiary/aromatic N) is 1. The predicted molar refractivity (Wildman–Crippen MR) is 59.7 cm³/mol. The van der Waals surface area contributed by atoms with Crippen molar-refractivity contribution < 1.29 is 17.7 Å². The number of alkyl halides is 3. The second kappa shape index (κ2) is 4.81.